The summed E-state index contributed by atoms with van der Waals surface area (Å²) in [5.41, 5.74) is 0.848. The van der Waals surface area contributed by atoms with Gasteiger partial charge in [0.15, 0.2) is 5.16 Å². The Labute approximate surface area is 149 Å². The fraction of sp³-hybridized carbons (Fsp3) is 0.588. The molecule has 1 atom stereocenters. The summed E-state index contributed by atoms with van der Waals surface area (Å²) in [5.74, 6) is 0.850. The van der Waals surface area contributed by atoms with E-state index in [4.69, 9.17) is 0 Å². The van der Waals surface area contributed by atoms with Crippen LogP contribution >= 0.6 is 23.1 Å². The number of aromatic nitrogens is 2. The molecule has 2 N–H and O–H groups in total. The number of H-pyrrole nitrogens is 1. The third-order valence-electron chi connectivity index (χ3n) is 4.00. The van der Waals surface area contributed by atoms with E-state index in [0.717, 1.165) is 29.5 Å². The third kappa shape index (κ3) is 3.83. The quantitative estimate of drug-likeness (QED) is 0.647. The Balaban J connectivity index is 1.81. The van der Waals surface area contributed by atoms with Gasteiger partial charge in [-0.05, 0) is 51.5 Å². The molecule has 2 aromatic heterocycles. The summed E-state index contributed by atoms with van der Waals surface area (Å²) in [6.45, 7) is 8.08. The second-order valence-corrected chi connectivity index (χ2v) is 9.54. The highest BCUT2D eigenvalue weighted by atomic mass is 32.2. The summed E-state index contributed by atoms with van der Waals surface area (Å²) in [7, 11) is 0. The zero-order chi connectivity index (χ0) is 17.5. The van der Waals surface area contributed by atoms with Crippen LogP contribution in [0.2, 0.25) is 0 Å². The number of aromatic amines is 1. The molecule has 1 aliphatic carbocycles. The number of nitrogens with zero attached hydrogens (tertiary/aromatic N) is 1. The van der Waals surface area contributed by atoms with Crippen molar-refractivity contribution < 1.29 is 4.79 Å². The van der Waals surface area contributed by atoms with Crippen molar-refractivity contribution in [2.75, 3.05) is 5.75 Å². The molecular formula is C17H23N3O2S2. The van der Waals surface area contributed by atoms with Crippen molar-refractivity contribution in [3.8, 4) is 0 Å². The lowest BCUT2D eigenvalue weighted by Crippen LogP contribution is -2.41. The van der Waals surface area contributed by atoms with Crippen LogP contribution in [0, 0.1) is 5.92 Å². The van der Waals surface area contributed by atoms with E-state index in [1.807, 2.05) is 20.8 Å². The summed E-state index contributed by atoms with van der Waals surface area (Å²) >= 11 is 2.90. The largest absolute Gasteiger partial charge is 0.351 e. The number of nitrogens with one attached hydrogen (secondary N) is 2. The highest BCUT2D eigenvalue weighted by Crippen LogP contribution is 2.36. The molecule has 130 valence electrons. The average Bonchev–Trinajstić information content (AvgIpc) is 2.80. The smallest absolute Gasteiger partial charge is 0.260 e. The fourth-order valence-electron chi connectivity index (χ4n) is 2.99. The Bertz CT molecular complexity index is 833. The maximum Gasteiger partial charge on any atom is 0.260 e. The van der Waals surface area contributed by atoms with E-state index in [2.05, 4.69) is 22.2 Å². The van der Waals surface area contributed by atoms with E-state index in [-0.39, 0.29) is 22.8 Å². The zero-order valence-corrected chi connectivity index (χ0v) is 16.1. The molecule has 0 fully saturated rings. The second kappa shape index (κ2) is 6.52. The number of rotatable bonds is 3. The minimum Gasteiger partial charge on any atom is -0.351 e. The molecule has 0 aliphatic heterocycles. The lowest BCUT2D eigenvalue weighted by molar-refractivity contribution is -0.119. The van der Waals surface area contributed by atoms with E-state index < -0.39 is 0 Å². The second-order valence-electron chi connectivity index (χ2n) is 7.49. The highest BCUT2D eigenvalue weighted by molar-refractivity contribution is 7.99. The predicted molar refractivity (Wildman–Crippen MR) is 100 cm³/mol. The maximum atomic E-state index is 12.5. The molecule has 0 spiro atoms. The van der Waals surface area contributed by atoms with Gasteiger partial charge in [0.1, 0.15) is 4.83 Å². The topological polar surface area (TPSA) is 74.8 Å². The molecule has 5 nitrogen and oxygen atoms in total. The monoisotopic (exact) mass is 365 g/mol. The van der Waals surface area contributed by atoms with Crippen LogP contribution in [-0.2, 0) is 17.6 Å². The van der Waals surface area contributed by atoms with Gasteiger partial charge in [0, 0.05) is 10.4 Å². The van der Waals surface area contributed by atoms with Crippen LogP contribution in [0.25, 0.3) is 10.2 Å². The average molecular weight is 366 g/mol. The molecule has 0 saturated heterocycles. The minimum absolute atomic E-state index is 0.0606. The third-order valence-corrected chi connectivity index (χ3v) is 6.02. The van der Waals surface area contributed by atoms with Gasteiger partial charge in [-0.15, -0.1) is 11.3 Å². The van der Waals surface area contributed by atoms with E-state index in [1.54, 1.807) is 11.3 Å². The van der Waals surface area contributed by atoms with Gasteiger partial charge in [-0.1, -0.05) is 18.7 Å². The van der Waals surface area contributed by atoms with Crippen molar-refractivity contribution in [1.82, 2.24) is 15.3 Å². The van der Waals surface area contributed by atoms with E-state index >= 15 is 0 Å². The summed E-state index contributed by atoms with van der Waals surface area (Å²) < 4.78 is 0. The van der Waals surface area contributed by atoms with E-state index in [0.29, 0.717) is 11.1 Å². The predicted octanol–water partition coefficient (Wildman–Crippen LogP) is 3.12. The maximum absolute atomic E-state index is 12.5. The van der Waals surface area contributed by atoms with Gasteiger partial charge in [0.2, 0.25) is 5.91 Å². The first-order valence-electron chi connectivity index (χ1n) is 8.21. The molecule has 2 aromatic rings. The van der Waals surface area contributed by atoms with Crippen LogP contribution in [0.15, 0.2) is 9.95 Å². The number of hydrogen-bond acceptors (Lipinski definition) is 5. The molecule has 0 radical (unpaired) electrons. The zero-order valence-electron chi connectivity index (χ0n) is 14.5. The lowest BCUT2D eigenvalue weighted by atomic mass is 9.89. The van der Waals surface area contributed by atoms with Gasteiger partial charge in [0.05, 0.1) is 11.1 Å². The lowest BCUT2D eigenvalue weighted by Gasteiger charge is -2.20. The van der Waals surface area contributed by atoms with Crippen molar-refractivity contribution in [2.24, 2.45) is 5.92 Å². The van der Waals surface area contributed by atoms with Gasteiger partial charge in [-0.25, -0.2) is 4.98 Å². The number of carbonyl (C=O) groups is 1. The summed E-state index contributed by atoms with van der Waals surface area (Å²) in [5, 5.41) is 4.18. The number of fused-ring (bicyclic) bond motifs is 3. The van der Waals surface area contributed by atoms with Crippen LogP contribution in [0.3, 0.4) is 0 Å². The normalized spacial score (nSPS) is 17.8. The molecule has 1 amide bonds. The van der Waals surface area contributed by atoms with Crippen molar-refractivity contribution >= 4 is 39.2 Å². The molecule has 0 aromatic carbocycles. The Hall–Kier alpha value is -1.34. The molecule has 24 heavy (non-hydrogen) atoms. The van der Waals surface area contributed by atoms with Gasteiger partial charge >= 0.3 is 0 Å². The minimum atomic E-state index is -0.258. The van der Waals surface area contributed by atoms with Crippen molar-refractivity contribution in [2.45, 2.75) is 57.7 Å². The first kappa shape index (κ1) is 17.5. The SMILES string of the molecule is CC1CCc2c(sc3nc(SCC(=O)NC(C)(C)C)[nH]c(=O)c23)C1. The molecule has 7 heteroatoms. The van der Waals surface area contributed by atoms with E-state index in [9.17, 15) is 9.59 Å². The van der Waals surface area contributed by atoms with Gasteiger partial charge < -0.3 is 10.3 Å². The number of carbonyl (C=O) groups excluding carboxylic acids is 1. The van der Waals surface area contributed by atoms with Crippen molar-refractivity contribution in [3.63, 3.8) is 0 Å². The van der Waals surface area contributed by atoms with E-state index in [1.165, 1.54) is 22.2 Å². The molecule has 2 heterocycles. The van der Waals surface area contributed by atoms with Gasteiger partial charge in [-0.3, -0.25) is 9.59 Å². The van der Waals surface area contributed by atoms with Crippen LogP contribution in [0.5, 0.6) is 0 Å². The summed E-state index contributed by atoms with van der Waals surface area (Å²) in [6, 6.07) is 0. The highest BCUT2D eigenvalue weighted by Gasteiger charge is 2.23. The number of aryl methyl sites for hydroxylation is 1. The first-order chi connectivity index (χ1) is 11.2. The molecule has 1 aliphatic rings. The van der Waals surface area contributed by atoms with Gasteiger partial charge in [0.25, 0.3) is 5.56 Å². The molecule has 0 saturated carbocycles. The number of thiophene rings is 1. The Morgan fingerprint density at radius 3 is 2.92 bits per heavy atom. The van der Waals surface area contributed by atoms with Crippen LogP contribution < -0.4 is 10.9 Å². The van der Waals surface area contributed by atoms with Crippen molar-refractivity contribution in [1.29, 1.82) is 0 Å². The number of hydrogen-bond donors (Lipinski definition) is 2. The Morgan fingerprint density at radius 1 is 1.46 bits per heavy atom. The summed E-state index contributed by atoms with van der Waals surface area (Å²) in [4.78, 5) is 33.9. The Kier molecular flexibility index (Phi) is 4.75. The van der Waals surface area contributed by atoms with Crippen molar-refractivity contribution in [3.05, 3.63) is 20.8 Å². The van der Waals surface area contributed by atoms with Gasteiger partial charge in [-0.2, -0.15) is 0 Å². The Morgan fingerprint density at radius 2 is 2.21 bits per heavy atom. The molecule has 0 bridgehead atoms. The number of thioether (sulfide) groups is 1. The van der Waals surface area contributed by atoms with Crippen LogP contribution in [0.1, 0.15) is 44.6 Å². The fourth-order valence-corrected chi connectivity index (χ4v) is 5.09. The van der Waals surface area contributed by atoms with Crippen LogP contribution in [0.4, 0.5) is 0 Å². The first-order valence-corrected chi connectivity index (χ1v) is 10.0. The number of amides is 1. The molecular weight excluding hydrogens is 342 g/mol. The molecule has 3 rings (SSSR count). The molecule has 1 unspecified atom stereocenters. The summed E-state index contributed by atoms with van der Waals surface area (Å²) in [6.07, 6.45) is 3.12. The standard InChI is InChI=1S/C17H23N3O2S2/c1-9-5-6-10-11(7-9)24-15-13(10)14(22)18-16(19-15)23-8-12(21)20-17(2,3)4/h9H,5-8H2,1-4H3,(H,20,21)(H,18,19,22). The van der Waals surface area contributed by atoms with Crippen LogP contribution in [-0.4, -0.2) is 27.2 Å².